The van der Waals surface area contributed by atoms with Crippen molar-refractivity contribution >= 4 is 11.8 Å². The molecule has 0 aliphatic carbocycles. The van der Waals surface area contributed by atoms with Gasteiger partial charge in [-0.3, -0.25) is 15.4 Å². The van der Waals surface area contributed by atoms with Crippen molar-refractivity contribution in [1.29, 1.82) is 0 Å². The summed E-state index contributed by atoms with van der Waals surface area (Å²) in [5.41, 5.74) is 1.62. The quantitative estimate of drug-likeness (QED) is 0.810. The maximum atomic E-state index is 12.2. The van der Waals surface area contributed by atoms with Crippen LogP contribution in [0.1, 0.15) is 31.1 Å². The van der Waals surface area contributed by atoms with Gasteiger partial charge in [-0.2, -0.15) is 0 Å². The molecule has 0 bridgehead atoms. The van der Waals surface area contributed by atoms with E-state index in [-0.39, 0.29) is 11.9 Å². The highest BCUT2D eigenvalue weighted by atomic mass is 16.5. The van der Waals surface area contributed by atoms with Gasteiger partial charge in [0.2, 0.25) is 11.8 Å². The van der Waals surface area contributed by atoms with Crippen LogP contribution in [0.5, 0.6) is 11.5 Å². The summed E-state index contributed by atoms with van der Waals surface area (Å²) >= 11 is 0. The monoisotopic (exact) mass is 333 g/mol. The number of anilines is 1. The van der Waals surface area contributed by atoms with E-state index in [1.165, 1.54) is 0 Å². The Morgan fingerprint density at radius 2 is 1.96 bits per heavy atom. The molecule has 1 aromatic carbocycles. The lowest BCUT2D eigenvalue weighted by Gasteiger charge is -2.21. The van der Waals surface area contributed by atoms with Gasteiger partial charge >= 0.3 is 0 Å². The van der Waals surface area contributed by atoms with Crippen molar-refractivity contribution < 1.29 is 18.8 Å². The molecule has 1 heterocycles. The lowest BCUT2D eigenvalue weighted by Crippen LogP contribution is -2.39. The average molecular weight is 333 g/mol. The second-order valence-corrected chi connectivity index (χ2v) is 5.54. The van der Waals surface area contributed by atoms with Gasteiger partial charge in [0.05, 0.1) is 26.0 Å². The van der Waals surface area contributed by atoms with Crippen molar-refractivity contribution in [2.45, 2.75) is 32.9 Å². The Hall–Kier alpha value is -2.54. The summed E-state index contributed by atoms with van der Waals surface area (Å²) in [5, 5.41) is 9.66. The molecule has 2 N–H and O–H groups in total. The highest BCUT2D eigenvalue weighted by Gasteiger charge is 2.20. The Morgan fingerprint density at radius 3 is 2.54 bits per heavy atom. The zero-order valence-electron chi connectivity index (χ0n) is 14.5. The van der Waals surface area contributed by atoms with Gasteiger partial charge in [-0.25, -0.2) is 0 Å². The van der Waals surface area contributed by atoms with Crippen molar-refractivity contribution in [2.24, 2.45) is 0 Å². The number of carbonyl (C=O) groups is 1. The molecule has 0 aliphatic rings. The molecule has 7 heteroatoms. The van der Waals surface area contributed by atoms with Gasteiger partial charge < -0.3 is 14.0 Å². The smallest absolute Gasteiger partial charge is 0.243 e. The van der Waals surface area contributed by atoms with E-state index in [4.69, 9.17) is 14.0 Å². The van der Waals surface area contributed by atoms with Crippen LogP contribution in [0.2, 0.25) is 0 Å². The minimum absolute atomic E-state index is 0.118. The van der Waals surface area contributed by atoms with Gasteiger partial charge in [0.15, 0.2) is 0 Å². The van der Waals surface area contributed by atoms with E-state index < -0.39 is 6.04 Å². The zero-order chi connectivity index (χ0) is 17.7. The van der Waals surface area contributed by atoms with E-state index in [9.17, 15) is 4.79 Å². The first-order chi connectivity index (χ1) is 11.4. The number of hydrogen-bond donors (Lipinski definition) is 2. The molecular formula is C17H23N3O4. The predicted octanol–water partition coefficient (Wildman–Crippen LogP) is 2.68. The van der Waals surface area contributed by atoms with Gasteiger partial charge in [-0.1, -0.05) is 5.16 Å². The topological polar surface area (TPSA) is 85.6 Å². The molecule has 0 unspecified atom stereocenters. The molecule has 0 saturated heterocycles. The van der Waals surface area contributed by atoms with Crippen LogP contribution < -0.4 is 20.1 Å². The Labute approximate surface area is 141 Å². The lowest BCUT2D eigenvalue weighted by molar-refractivity contribution is -0.118. The summed E-state index contributed by atoms with van der Waals surface area (Å²) < 4.78 is 15.6. The van der Waals surface area contributed by atoms with Crippen molar-refractivity contribution in [3.8, 4) is 11.5 Å². The molecule has 0 saturated carbocycles. The predicted molar refractivity (Wildman–Crippen MR) is 90.4 cm³/mol. The van der Waals surface area contributed by atoms with E-state index in [2.05, 4.69) is 15.8 Å². The number of aryl methyl sites for hydroxylation is 1. The van der Waals surface area contributed by atoms with Gasteiger partial charge in [0.1, 0.15) is 11.5 Å². The standard InChI is InChI=1S/C17H23N3O4/c1-10-8-16(24-20-10)19-17(21)12(3)18-11(2)14-9-13(22-4)6-7-15(14)23-5/h6-9,11-12,18H,1-5H3,(H,19,21)/t11-,12+/m0/s1. The molecule has 130 valence electrons. The van der Waals surface area contributed by atoms with E-state index in [0.29, 0.717) is 11.6 Å². The third-order valence-corrected chi connectivity index (χ3v) is 3.67. The number of hydrogen-bond acceptors (Lipinski definition) is 6. The molecule has 24 heavy (non-hydrogen) atoms. The molecule has 2 rings (SSSR count). The third kappa shape index (κ3) is 4.26. The Bertz CT molecular complexity index is 699. The van der Waals surface area contributed by atoms with E-state index in [1.807, 2.05) is 25.1 Å². The minimum atomic E-state index is -0.443. The van der Waals surface area contributed by atoms with Crippen LogP contribution in [0.4, 0.5) is 5.88 Å². The van der Waals surface area contributed by atoms with Crippen LogP contribution in [-0.2, 0) is 4.79 Å². The van der Waals surface area contributed by atoms with E-state index >= 15 is 0 Å². The SMILES string of the molecule is COc1ccc(OC)c([C@H](C)N[C@H](C)C(=O)Nc2cc(C)no2)c1. The van der Waals surface area contributed by atoms with Crippen LogP contribution in [0.3, 0.4) is 0 Å². The fourth-order valence-corrected chi connectivity index (χ4v) is 2.37. The van der Waals surface area contributed by atoms with Crippen molar-refractivity contribution in [3.05, 3.63) is 35.5 Å². The number of rotatable bonds is 7. The first-order valence-corrected chi connectivity index (χ1v) is 7.66. The Kier molecular flexibility index (Phi) is 5.81. The fourth-order valence-electron chi connectivity index (χ4n) is 2.37. The van der Waals surface area contributed by atoms with E-state index in [1.54, 1.807) is 34.1 Å². The summed E-state index contributed by atoms with van der Waals surface area (Å²) in [7, 11) is 3.22. The summed E-state index contributed by atoms with van der Waals surface area (Å²) in [6.07, 6.45) is 0. The minimum Gasteiger partial charge on any atom is -0.497 e. The number of benzene rings is 1. The fraction of sp³-hybridized carbons (Fsp3) is 0.412. The second kappa shape index (κ2) is 7.83. The summed E-state index contributed by atoms with van der Waals surface area (Å²) in [4.78, 5) is 12.2. The Morgan fingerprint density at radius 1 is 1.21 bits per heavy atom. The summed E-state index contributed by atoms with van der Waals surface area (Å²) in [6, 6.07) is 6.67. The van der Waals surface area contributed by atoms with Crippen LogP contribution in [0.15, 0.2) is 28.8 Å². The third-order valence-electron chi connectivity index (χ3n) is 3.67. The average Bonchev–Trinajstić information content (AvgIpc) is 2.98. The molecule has 0 spiro atoms. The van der Waals surface area contributed by atoms with E-state index in [0.717, 1.165) is 17.1 Å². The van der Waals surface area contributed by atoms with Crippen LogP contribution in [0, 0.1) is 6.92 Å². The molecule has 7 nitrogen and oxygen atoms in total. The number of methoxy groups -OCH3 is 2. The van der Waals surface area contributed by atoms with Gasteiger partial charge in [-0.05, 0) is 39.0 Å². The zero-order valence-corrected chi connectivity index (χ0v) is 14.5. The number of aromatic nitrogens is 1. The molecular weight excluding hydrogens is 310 g/mol. The summed E-state index contributed by atoms with van der Waals surface area (Å²) in [6.45, 7) is 5.53. The number of nitrogens with zero attached hydrogens (tertiary/aromatic N) is 1. The highest BCUT2D eigenvalue weighted by molar-refractivity contribution is 5.93. The number of ether oxygens (including phenoxy) is 2. The number of nitrogens with one attached hydrogen (secondary N) is 2. The largest absolute Gasteiger partial charge is 0.497 e. The molecule has 1 amide bonds. The van der Waals surface area contributed by atoms with Crippen molar-refractivity contribution in [1.82, 2.24) is 10.5 Å². The Balaban J connectivity index is 2.05. The summed E-state index contributed by atoms with van der Waals surface area (Å²) in [5.74, 6) is 1.58. The lowest BCUT2D eigenvalue weighted by atomic mass is 10.1. The highest BCUT2D eigenvalue weighted by Crippen LogP contribution is 2.29. The van der Waals surface area contributed by atoms with Crippen LogP contribution >= 0.6 is 0 Å². The first kappa shape index (κ1) is 17.8. The molecule has 0 aliphatic heterocycles. The molecule has 2 aromatic rings. The molecule has 2 atom stereocenters. The number of amides is 1. The van der Waals surface area contributed by atoms with Gasteiger partial charge in [-0.15, -0.1) is 0 Å². The normalized spacial score (nSPS) is 13.2. The molecule has 0 radical (unpaired) electrons. The van der Waals surface area contributed by atoms with Gasteiger partial charge in [0.25, 0.3) is 0 Å². The van der Waals surface area contributed by atoms with Crippen molar-refractivity contribution in [3.63, 3.8) is 0 Å². The first-order valence-electron chi connectivity index (χ1n) is 7.66. The molecule has 0 fully saturated rings. The maximum Gasteiger partial charge on any atom is 0.243 e. The maximum absolute atomic E-state index is 12.2. The van der Waals surface area contributed by atoms with Crippen LogP contribution in [-0.4, -0.2) is 31.3 Å². The van der Waals surface area contributed by atoms with Crippen LogP contribution in [0.25, 0.3) is 0 Å². The number of carbonyl (C=O) groups excluding carboxylic acids is 1. The van der Waals surface area contributed by atoms with Crippen molar-refractivity contribution in [2.75, 3.05) is 19.5 Å². The second-order valence-electron chi connectivity index (χ2n) is 5.54. The van der Waals surface area contributed by atoms with Gasteiger partial charge in [0, 0.05) is 17.7 Å². The molecule has 1 aromatic heterocycles.